The highest BCUT2D eigenvalue weighted by Gasteiger charge is 2.33. The molecule has 1 aliphatic rings. The number of benzene rings is 1. The Balaban J connectivity index is 1.85. The number of carbonyl (C=O) groups excluding carboxylic acids is 1. The van der Waals surface area contributed by atoms with Crippen molar-refractivity contribution in [1.82, 2.24) is 9.47 Å². The Morgan fingerprint density at radius 1 is 1.33 bits per heavy atom. The van der Waals surface area contributed by atoms with Crippen LogP contribution in [0.15, 0.2) is 30.3 Å². The second kappa shape index (κ2) is 5.24. The molecular weight excluding hydrogens is 268 g/mol. The van der Waals surface area contributed by atoms with Gasteiger partial charge < -0.3 is 14.6 Å². The lowest BCUT2D eigenvalue weighted by atomic mass is 10.2. The Hall–Kier alpha value is -2.30. The van der Waals surface area contributed by atoms with Crippen molar-refractivity contribution >= 4 is 22.8 Å². The molecule has 1 N–H and O–H groups in total. The lowest BCUT2D eigenvalue weighted by Crippen LogP contribution is -2.39. The van der Waals surface area contributed by atoms with E-state index in [0.717, 1.165) is 29.4 Å². The maximum Gasteiger partial charge on any atom is 0.323 e. The zero-order valence-corrected chi connectivity index (χ0v) is 12.0. The van der Waals surface area contributed by atoms with Gasteiger partial charge in [0, 0.05) is 17.3 Å². The average Bonchev–Trinajstić information content (AvgIpc) is 3.22. The predicted octanol–water partition coefficient (Wildman–Crippen LogP) is 2.03. The molecule has 110 valence electrons. The van der Waals surface area contributed by atoms with Gasteiger partial charge in [-0.3, -0.25) is 9.59 Å². The van der Waals surface area contributed by atoms with Gasteiger partial charge in [0.1, 0.15) is 13.1 Å². The van der Waals surface area contributed by atoms with Crippen LogP contribution in [0.3, 0.4) is 0 Å². The molecule has 5 heteroatoms. The first-order valence-corrected chi connectivity index (χ1v) is 7.12. The molecule has 3 rings (SSSR count). The summed E-state index contributed by atoms with van der Waals surface area (Å²) in [4.78, 5) is 24.9. The summed E-state index contributed by atoms with van der Waals surface area (Å²) in [5.41, 5.74) is 2.02. The standard InChI is InChI=1S/C16H18N2O3/c1-11-8-12-4-2-3-5-14(12)17(11)9-15(19)18(10-16(20)21)13-6-7-13/h2-5,8,13H,6-7,9-10H2,1H3,(H,20,21). The number of hydrogen-bond acceptors (Lipinski definition) is 2. The first-order chi connectivity index (χ1) is 10.1. The number of nitrogens with zero attached hydrogens (tertiary/aromatic N) is 2. The molecule has 0 radical (unpaired) electrons. The molecule has 0 bridgehead atoms. The summed E-state index contributed by atoms with van der Waals surface area (Å²) in [6.45, 7) is 1.96. The third-order valence-electron chi connectivity index (χ3n) is 3.92. The van der Waals surface area contributed by atoms with Crippen molar-refractivity contribution in [3.8, 4) is 0 Å². The van der Waals surface area contributed by atoms with Crippen molar-refractivity contribution in [2.45, 2.75) is 32.4 Å². The maximum atomic E-state index is 12.5. The molecule has 2 aromatic rings. The van der Waals surface area contributed by atoms with E-state index in [4.69, 9.17) is 5.11 Å². The zero-order chi connectivity index (χ0) is 15.0. The van der Waals surface area contributed by atoms with Crippen molar-refractivity contribution in [3.63, 3.8) is 0 Å². The monoisotopic (exact) mass is 286 g/mol. The van der Waals surface area contributed by atoms with E-state index >= 15 is 0 Å². The van der Waals surface area contributed by atoms with E-state index in [0.29, 0.717) is 0 Å². The number of carboxylic acids is 1. The number of hydrogen-bond donors (Lipinski definition) is 1. The molecule has 5 nitrogen and oxygen atoms in total. The van der Waals surface area contributed by atoms with Crippen molar-refractivity contribution in [3.05, 3.63) is 36.0 Å². The minimum atomic E-state index is -0.954. The van der Waals surface area contributed by atoms with Gasteiger partial charge in [0.15, 0.2) is 0 Å². The number of carbonyl (C=O) groups is 2. The number of aryl methyl sites for hydroxylation is 1. The third-order valence-corrected chi connectivity index (χ3v) is 3.92. The van der Waals surface area contributed by atoms with E-state index in [1.807, 2.05) is 41.8 Å². The van der Waals surface area contributed by atoms with Gasteiger partial charge in [0.05, 0.1) is 0 Å². The number of aliphatic carboxylic acids is 1. The summed E-state index contributed by atoms with van der Waals surface area (Å²) in [5, 5.41) is 10.1. The third kappa shape index (κ3) is 2.77. The smallest absolute Gasteiger partial charge is 0.323 e. The van der Waals surface area contributed by atoms with Gasteiger partial charge in [-0.25, -0.2) is 0 Å². The van der Waals surface area contributed by atoms with Gasteiger partial charge in [-0.05, 0) is 37.3 Å². The molecule has 1 fully saturated rings. The molecule has 0 saturated heterocycles. The topological polar surface area (TPSA) is 62.5 Å². The van der Waals surface area contributed by atoms with E-state index < -0.39 is 5.97 Å². The zero-order valence-electron chi connectivity index (χ0n) is 12.0. The van der Waals surface area contributed by atoms with E-state index in [1.54, 1.807) is 0 Å². The molecule has 0 atom stereocenters. The van der Waals surface area contributed by atoms with Crippen LogP contribution in [-0.2, 0) is 16.1 Å². The molecular formula is C16H18N2O3. The highest BCUT2D eigenvalue weighted by molar-refractivity contribution is 5.86. The van der Waals surface area contributed by atoms with Crippen LogP contribution in [0.2, 0.25) is 0 Å². The van der Waals surface area contributed by atoms with Crippen molar-refractivity contribution in [2.75, 3.05) is 6.54 Å². The van der Waals surface area contributed by atoms with E-state index in [1.165, 1.54) is 4.90 Å². The first-order valence-electron chi connectivity index (χ1n) is 7.12. The lowest BCUT2D eigenvalue weighted by molar-refractivity contribution is -0.145. The van der Waals surface area contributed by atoms with E-state index in [-0.39, 0.29) is 25.0 Å². The molecule has 1 saturated carbocycles. The van der Waals surface area contributed by atoms with Gasteiger partial charge in [-0.15, -0.1) is 0 Å². The summed E-state index contributed by atoms with van der Waals surface area (Å²) in [5.74, 6) is -1.08. The second-order valence-corrected chi connectivity index (χ2v) is 5.58. The summed E-state index contributed by atoms with van der Waals surface area (Å²) < 4.78 is 1.95. The molecule has 1 heterocycles. The number of aromatic nitrogens is 1. The molecule has 1 aromatic carbocycles. The largest absolute Gasteiger partial charge is 0.480 e. The molecule has 0 aliphatic heterocycles. The van der Waals surface area contributed by atoms with Crippen LogP contribution in [0.4, 0.5) is 0 Å². The van der Waals surface area contributed by atoms with Crippen LogP contribution in [0, 0.1) is 6.92 Å². The second-order valence-electron chi connectivity index (χ2n) is 5.58. The molecule has 1 aliphatic carbocycles. The summed E-state index contributed by atoms with van der Waals surface area (Å²) >= 11 is 0. The number of fused-ring (bicyclic) bond motifs is 1. The van der Waals surface area contributed by atoms with Crippen LogP contribution in [-0.4, -0.2) is 39.0 Å². The Bertz CT molecular complexity index is 701. The molecule has 0 unspecified atom stereocenters. The average molecular weight is 286 g/mol. The Kier molecular flexibility index (Phi) is 3.41. The minimum absolute atomic E-state index is 0.107. The molecule has 0 spiro atoms. The van der Waals surface area contributed by atoms with Gasteiger partial charge in [0.2, 0.25) is 5.91 Å². The molecule has 1 aromatic heterocycles. The SMILES string of the molecule is Cc1cc2ccccc2n1CC(=O)N(CC(=O)O)C1CC1. The molecule has 1 amide bonds. The van der Waals surface area contributed by atoms with Crippen LogP contribution < -0.4 is 0 Å². The maximum absolute atomic E-state index is 12.5. The van der Waals surface area contributed by atoms with E-state index in [2.05, 4.69) is 0 Å². The fraction of sp³-hybridized carbons (Fsp3) is 0.375. The van der Waals surface area contributed by atoms with Crippen molar-refractivity contribution < 1.29 is 14.7 Å². The Labute approximate surface area is 122 Å². The Morgan fingerprint density at radius 2 is 2.05 bits per heavy atom. The fourth-order valence-electron chi connectivity index (χ4n) is 2.74. The Morgan fingerprint density at radius 3 is 2.71 bits per heavy atom. The normalized spacial score (nSPS) is 14.3. The van der Waals surface area contributed by atoms with Crippen LogP contribution in [0.1, 0.15) is 18.5 Å². The van der Waals surface area contributed by atoms with Gasteiger partial charge >= 0.3 is 5.97 Å². The minimum Gasteiger partial charge on any atom is -0.480 e. The highest BCUT2D eigenvalue weighted by atomic mass is 16.4. The van der Waals surface area contributed by atoms with Gasteiger partial charge in [-0.2, -0.15) is 0 Å². The quantitative estimate of drug-likeness (QED) is 0.914. The van der Waals surface area contributed by atoms with Crippen molar-refractivity contribution in [2.24, 2.45) is 0 Å². The summed E-state index contributed by atoms with van der Waals surface area (Å²) in [6, 6.07) is 10.1. The molecule has 21 heavy (non-hydrogen) atoms. The number of rotatable bonds is 5. The predicted molar refractivity (Wildman–Crippen MR) is 79.0 cm³/mol. The summed E-state index contributed by atoms with van der Waals surface area (Å²) in [7, 11) is 0. The van der Waals surface area contributed by atoms with Gasteiger partial charge in [0.25, 0.3) is 0 Å². The van der Waals surface area contributed by atoms with E-state index in [9.17, 15) is 9.59 Å². The number of carboxylic acid groups (broad SMARTS) is 1. The van der Waals surface area contributed by atoms with Crippen molar-refractivity contribution in [1.29, 1.82) is 0 Å². The summed E-state index contributed by atoms with van der Waals surface area (Å²) in [6.07, 6.45) is 1.81. The first kappa shape index (κ1) is 13.7. The fourth-order valence-corrected chi connectivity index (χ4v) is 2.74. The number of para-hydroxylation sites is 1. The highest BCUT2D eigenvalue weighted by Crippen LogP contribution is 2.27. The number of amides is 1. The van der Waals surface area contributed by atoms with Crippen LogP contribution in [0.25, 0.3) is 10.9 Å². The lowest BCUT2D eigenvalue weighted by Gasteiger charge is -2.21. The van der Waals surface area contributed by atoms with Crippen LogP contribution >= 0.6 is 0 Å². The van der Waals surface area contributed by atoms with Gasteiger partial charge in [-0.1, -0.05) is 18.2 Å². The van der Waals surface area contributed by atoms with Crippen LogP contribution in [0.5, 0.6) is 0 Å².